The number of carbonyl (C=O) groups is 2. The SMILES string of the molecule is CC(C)(C)C1CCC(C(=O)OC(=O)C2CCC(C(C)(C)C)CC2)CC1. The third-order valence-electron chi connectivity index (χ3n) is 6.77. The zero-order valence-electron chi connectivity index (χ0n) is 17.2. The van der Waals surface area contributed by atoms with Crippen LogP contribution in [0.3, 0.4) is 0 Å². The molecule has 0 N–H and O–H groups in total. The van der Waals surface area contributed by atoms with Crippen LogP contribution in [0.25, 0.3) is 0 Å². The topological polar surface area (TPSA) is 43.4 Å². The first-order valence-corrected chi connectivity index (χ1v) is 10.2. The van der Waals surface area contributed by atoms with Crippen LogP contribution in [-0.4, -0.2) is 11.9 Å². The number of hydrogen-bond donors (Lipinski definition) is 0. The highest BCUT2D eigenvalue weighted by Gasteiger charge is 2.36. The highest BCUT2D eigenvalue weighted by molar-refractivity contribution is 5.88. The molecule has 0 aromatic rings. The maximum atomic E-state index is 12.4. The van der Waals surface area contributed by atoms with Gasteiger partial charge in [0.05, 0.1) is 11.8 Å². The first kappa shape index (κ1) is 20.5. The normalized spacial score (nSPS) is 31.4. The Kier molecular flexibility index (Phi) is 6.38. The van der Waals surface area contributed by atoms with E-state index in [0.717, 1.165) is 51.4 Å². The molecule has 0 heterocycles. The summed E-state index contributed by atoms with van der Waals surface area (Å²) in [6.45, 7) is 13.6. The predicted molar refractivity (Wildman–Crippen MR) is 101 cm³/mol. The quantitative estimate of drug-likeness (QED) is 0.469. The Balaban J connectivity index is 1.77. The van der Waals surface area contributed by atoms with E-state index in [1.54, 1.807) is 0 Å². The van der Waals surface area contributed by atoms with E-state index >= 15 is 0 Å². The molecule has 0 atom stereocenters. The highest BCUT2D eigenvalue weighted by Crippen LogP contribution is 2.41. The Hall–Kier alpha value is -0.860. The molecule has 2 aliphatic carbocycles. The Morgan fingerprint density at radius 3 is 1.12 bits per heavy atom. The molecule has 0 bridgehead atoms. The monoisotopic (exact) mass is 350 g/mol. The zero-order chi connectivity index (χ0) is 18.8. The number of esters is 2. The van der Waals surface area contributed by atoms with E-state index in [2.05, 4.69) is 41.5 Å². The molecule has 0 radical (unpaired) electrons. The molecular weight excluding hydrogens is 312 g/mol. The lowest BCUT2D eigenvalue weighted by Gasteiger charge is -2.37. The fourth-order valence-corrected chi connectivity index (χ4v) is 4.66. The molecule has 144 valence electrons. The lowest BCUT2D eigenvalue weighted by atomic mass is 9.69. The van der Waals surface area contributed by atoms with Gasteiger partial charge in [0.1, 0.15) is 0 Å². The van der Waals surface area contributed by atoms with Gasteiger partial charge in [0.2, 0.25) is 0 Å². The minimum absolute atomic E-state index is 0.0755. The second kappa shape index (κ2) is 7.80. The lowest BCUT2D eigenvalue weighted by molar-refractivity contribution is -0.167. The van der Waals surface area contributed by atoms with E-state index in [1.165, 1.54) is 0 Å². The first-order valence-electron chi connectivity index (χ1n) is 10.2. The minimum atomic E-state index is -0.268. The van der Waals surface area contributed by atoms with E-state index in [1.807, 2.05) is 0 Å². The summed E-state index contributed by atoms with van der Waals surface area (Å²) in [7, 11) is 0. The summed E-state index contributed by atoms with van der Waals surface area (Å²) in [5.74, 6) is 0.646. The maximum Gasteiger partial charge on any atom is 0.316 e. The fourth-order valence-electron chi connectivity index (χ4n) is 4.66. The number of rotatable bonds is 2. The molecule has 0 spiro atoms. The standard InChI is InChI=1S/C22H38O3/c1-21(2,3)17-11-7-15(8-12-17)19(23)25-20(24)16-9-13-18(14-10-16)22(4,5)6/h15-18H,7-14H2,1-6H3. The van der Waals surface area contributed by atoms with Crippen LogP contribution < -0.4 is 0 Å². The van der Waals surface area contributed by atoms with Crippen LogP contribution in [0.15, 0.2) is 0 Å². The minimum Gasteiger partial charge on any atom is -0.393 e. The third kappa shape index (κ3) is 5.56. The first-order chi connectivity index (χ1) is 11.5. The molecule has 3 nitrogen and oxygen atoms in total. The van der Waals surface area contributed by atoms with E-state index in [9.17, 15) is 9.59 Å². The van der Waals surface area contributed by atoms with Gasteiger partial charge in [-0.2, -0.15) is 0 Å². The van der Waals surface area contributed by atoms with Crippen molar-refractivity contribution >= 4 is 11.9 Å². The van der Waals surface area contributed by atoms with Gasteiger partial charge in [0.25, 0.3) is 0 Å². The summed E-state index contributed by atoms with van der Waals surface area (Å²) < 4.78 is 5.29. The van der Waals surface area contributed by atoms with E-state index in [0.29, 0.717) is 22.7 Å². The molecule has 2 fully saturated rings. The number of carbonyl (C=O) groups excluding carboxylic acids is 2. The second-order valence-corrected chi connectivity index (χ2v) is 10.6. The van der Waals surface area contributed by atoms with Crippen molar-refractivity contribution in [1.82, 2.24) is 0 Å². The number of hydrogen-bond acceptors (Lipinski definition) is 3. The molecule has 0 aromatic carbocycles. The van der Waals surface area contributed by atoms with Crippen LogP contribution in [0, 0.1) is 34.5 Å². The van der Waals surface area contributed by atoms with Gasteiger partial charge in [0.15, 0.2) is 0 Å². The second-order valence-electron chi connectivity index (χ2n) is 10.6. The van der Waals surface area contributed by atoms with Crippen LogP contribution in [0.2, 0.25) is 0 Å². The van der Waals surface area contributed by atoms with Crippen molar-refractivity contribution in [3.05, 3.63) is 0 Å². The summed E-state index contributed by atoms with van der Waals surface area (Å²) in [6, 6.07) is 0. The van der Waals surface area contributed by atoms with E-state index in [4.69, 9.17) is 4.74 Å². The van der Waals surface area contributed by atoms with Gasteiger partial charge in [0, 0.05) is 0 Å². The average molecular weight is 351 g/mol. The molecule has 0 amide bonds. The molecule has 2 saturated carbocycles. The van der Waals surface area contributed by atoms with Gasteiger partial charge < -0.3 is 4.74 Å². The van der Waals surface area contributed by atoms with E-state index in [-0.39, 0.29) is 23.8 Å². The largest absolute Gasteiger partial charge is 0.393 e. The fraction of sp³-hybridized carbons (Fsp3) is 0.909. The van der Waals surface area contributed by atoms with Crippen molar-refractivity contribution in [3.8, 4) is 0 Å². The smallest absolute Gasteiger partial charge is 0.316 e. The predicted octanol–water partition coefficient (Wildman–Crippen LogP) is 5.76. The molecular formula is C22H38O3. The maximum absolute atomic E-state index is 12.4. The summed E-state index contributed by atoms with van der Waals surface area (Å²) in [5.41, 5.74) is 0.604. The van der Waals surface area contributed by atoms with Gasteiger partial charge in [-0.05, 0) is 74.0 Å². The van der Waals surface area contributed by atoms with Gasteiger partial charge in [-0.15, -0.1) is 0 Å². The Bertz CT molecular complexity index is 420. The summed E-state index contributed by atoms with van der Waals surface area (Å²) >= 11 is 0. The third-order valence-corrected chi connectivity index (χ3v) is 6.77. The van der Waals surface area contributed by atoms with Crippen LogP contribution in [0.5, 0.6) is 0 Å². The molecule has 0 aliphatic heterocycles. The van der Waals surface area contributed by atoms with Gasteiger partial charge in [-0.1, -0.05) is 41.5 Å². The van der Waals surface area contributed by atoms with Crippen LogP contribution in [0.1, 0.15) is 92.9 Å². The van der Waals surface area contributed by atoms with Crippen molar-refractivity contribution in [1.29, 1.82) is 0 Å². The van der Waals surface area contributed by atoms with Crippen LogP contribution in [-0.2, 0) is 14.3 Å². The lowest BCUT2D eigenvalue weighted by Crippen LogP contribution is -2.33. The molecule has 0 unspecified atom stereocenters. The van der Waals surface area contributed by atoms with Gasteiger partial charge in [-0.3, -0.25) is 9.59 Å². The summed E-state index contributed by atoms with van der Waals surface area (Å²) in [6.07, 6.45) is 7.72. The molecule has 0 saturated heterocycles. The van der Waals surface area contributed by atoms with Crippen molar-refractivity contribution in [2.75, 3.05) is 0 Å². The Labute approximate surface area is 154 Å². The van der Waals surface area contributed by atoms with Crippen molar-refractivity contribution in [2.24, 2.45) is 34.5 Å². The summed E-state index contributed by atoms with van der Waals surface area (Å²) in [4.78, 5) is 24.8. The molecule has 2 rings (SSSR count). The van der Waals surface area contributed by atoms with Crippen LogP contribution >= 0.6 is 0 Å². The van der Waals surface area contributed by atoms with Crippen LogP contribution in [0.4, 0.5) is 0 Å². The van der Waals surface area contributed by atoms with Crippen molar-refractivity contribution in [3.63, 3.8) is 0 Å². The zero-order valence-corrected chi connectivity index (χ0v) is 17.2. The van der Waals surface area contributed by atoms with Gasteiger partial charge in [-0.25, -0.2) is 0 Å². The molecule has 3 heteroatoms. The average Bonchev–Trinajstić information content (AvgIpc) is 2.53. The van der Waals surface area contributed by atoms with Crippen molar-refractivity contribution in [2.45, 2.75) is 92.9 Å². The molecule has 25 heavy (non-hydrogen) atoms. The Morgan fingerprint density at radius 1 is 0.600 bits per heavy atom. The Morgan fingerprint density at radius 2 is 0.880 bits per heavy atom. The summed E-state index contributed by atoms with van der Waals surface area (Å²) in [5, 5.41) is 0. The van der Waals surface area contributed by atoms with E-state index < -0.39 is 0 Å². The molecule has 0 aromatic heterocycles. The number of ether oxygens (including phenoxy) is 1. The van der Waals surface area contributed by atoms with Gasteiger partial charge >= 0.3 is 11.9 Å². The highest BCUT2D eigenvalue weighted by atomic mass is 16.6. The van der Waals surface area contributed by atoms with Crippen molar-refractivity contribution < 1.29 is 14.3 Å². The molecule has 2 aliphatic rings.